The van der Waals surface area contributed by atoms with Gasteiger partial charge in [-0.3, -0.25) is 4.79 Å². The molecule has 146 valence electrons. The minimum Gasteiger partial charge on any atom is -0.458 e. The number of carbonyl (C=O) groups is 2. The molecule has 1 rings (SSSR count). The first-order chi connectivity index (χ1) is 11.6. The fourth-order valence-electron chi connectivity index (χ4n) is 1.65. The van der Waals surface area contributed by atoms with Crippen molar-refractivity contribution in [2.45, 2.75) is 39.7 Å². The lowest BCUT2D eigenvalue weighted by atomic mass is 9.97. The van der Waals surface area contributed by atoms with Gasteiger partial charge in [-0.15, -0.1) is 0 Å². The van der Waals surface area contributed by atoms with Crippen LogP contribution in [0.1, 0.15) is 37.5 Å². The fourth-order valence-corrected chi connectivity index (χ4v) is 1.65. The van der Waals surface area contributed by atoms with Gasteiger partial charge in [0.25, 0.3) is 0 Å². The van der Waals surface area contributed by atoms with E-state index < -0.39 is 59.6 Å². The Labute approximate surface area is 145 Å². The van der Waals surface area contributed by atoms with Crippen LogP contribution in [0.15, 0.2) is 18.2 Å². The SMILES string of the molecule is CC(C)(C)C(=O)OCC(=O)OCc1cc(C(F)(F)F)cc(C(F)(F)F)c1. The van der Waals surface area contributed by atoms with E-state index in [1.54, 1.807) is 0 Å². The second-order valence-corrected chi connectivity index (χ2v) is 6.40. The van der Waals surface area contributed by atoms with E-state index >= 15 is 0 Å². The predicted octanol–water partition coefficient (Wildman–Crippen LogP) is 4.36. The molecule has 0 bridgehead atoms. The van der Waals surface area contributed by atoms with Crippen molar-refractivity contribution in [3.05, 3.63) is 34.9 Å². The van der Waals surface area contributed by atoms with Gasteiger partial charge in [-0.05, 0) is 44.5 Å². The summed E-state index contributed by atoms with van der Waals surface area (Å²) in [6.45, 7) is 2.95. The quantitative estimate of drug-likeness (QED) is 0.570. The maximum atomic E-state index is 12.7. The molecule has 0 unspecified atom stereocenters. The van der Waals surface area contributed by atoms with Crippen molar-refractivity contribution in [2.75, 3.05) is 6.61 Å². The first-order valence-electron chi connectivity index (χ1n) is 7.22. The number of rotatable bonds is 4. The van der Waals surface area contributed by atoms with Gasteiger partial charge in [-0.2, -0.15) is 26.3 Å². The van der Waals surface area contributed by atoms with Crippen LogP contribution in [0.3, 0.4) is 0 Å². The predicted molar refractivity (Wildman–Crippen MR) is 76.7 cm³/mol. The Morgan fingerprint density at radius 2 is 1.31 bits per heavy atom. The highest BCUT2D eigenvalue weighted by atomic mass is 19.4. The van der Waals surface area contributed by atoms with E-state index in [2.05, 4.69) is 9.47 Å². The van der Waals surface area contributed by atoms with Gasteiger partial charge in [0.05, 0.1) is 16.5 Å². The summed E-state index contributed by atoms with van der Waals surface area (Å²) in [6, 6.07) is 0.865. The number of carbonyl (C=O) groups excluding carboxylic acids is 2. The molecule has 0 heterocycles. The van der Waals surface area contributed by atoms with Crippen LogP contribution in [0.25, 0.3) is 0 Å². The summed E-state index contributed by atoms with van der Waals surface area (Å²) < 4.78 is 85.6. The third kappa shape index (κ3) is 6.57. The van der Waals surface area contributed by atoms with Crippen molar-refractivity contribution in [1.29, 1.82) is 0 Å². The van der Waals surface area contributed by atoms with Gasteiger partial charge in [0.2, 0.25) is 0 Å². The van der Waals surface area contributed by atoms with Gasteiger partial charge in [0.15, 0.2) is 6.61 Å². The first-order valence-corrected chi connectivity index (χ1v) is 7.22. The summed E-state index contributed by atoms with van der Waals surface area (Å²) in [7, 11) is 0. The van der Waals surface area contributed by atoms with E-state index in [9.17, 15) is 35.9 Å². The Hall–Kier alpha value is -2.26. The second kappa shape index (κ2) is 7.55. The Balaban J connectivity index is 2.83. The molecule has 10 heteroatoms. The Bertz CT molecular complexity index is 639. The smallest absolute Gasteiger partial charge is 0.416 e. The zero-order valence-corrected chi connectivity index (χ0v) is 14.0. The van der Waals surface area contributed by atoms with E-state index in [0.29, 0.717) is 12.1 Å². The molecule has 0 N–H and O–H groups in total. The Kier molecular flexibility index (Phi) is 6.32. The maximum Gasteiger partial charge on any atom is 0.416 e. The van der Waals surface area contributed by atoms with Gasteiger partial charge in [0, 0.05) is 0 Å². The van der Waals surface area contributed by atoms with Crippen LogP contribution in [0.2, 0.25) is 0 Å². The molecular formula is C16H16F6O4. The Morgan fingerprint density at radius 1 is 0.846 bits per heavy atom. The first kappa shape index (κ1) is 21.8. The molecule has 4 nitrogen and oxygen atoms in total. The lowest BCUT2D eigenvalue weighted by Gasteiger charge is -2.16. The third-order valence-electron chi connectivity index (χ3n) is 2.98. The van der Waals surface area contributed by atoms with E-state index in [-0.39, 0.29) is 6.07 Å². The van der Waals surface area contributed by atoms with Crippen LogP contribution in [0, 0.1) is 5.41 Å². The van der Waals surface area contributed by atoms with Crippen molar-refractivity contribution in [3.63, 3.8) is 0 Å². The highest BCUT2D eigenvalue weighted by molar-refractivity contribution is 5.79. The van der Waals surface area contributed by atoms with Crippen LogP contribution in [-0.4, -0.2) is 18.5 Å². The lowest BCUT2D eigenvalue weighted by Crippen LogP contribution is -2.26. The molecule has 0 spiro atoms. The molecule has 0 fully saturated rings. The molecule has 0 aliphatic carbocycles. The van der Waals surface area contributed by atoms with Crippen LogP contribution < -0.4 is 0 Å². The van der Waals surface area contributed by atoms with Gasteiger partial charge >= 0.3 is 24.3 Å². The lowest BCUT2D eigenvalue weighted by molar-refractivity contribution is -0.164. The molecule has 1 aromatic rings. The normalized spacial score (nSPS) is 12.7. The molecule has 0 amide bonds. The van der Waals surface area contributed by atoms with Crippen molar-refractivity contribution in [2.24, 2.45) is 5.41 Å². The number of halogens is 6. The van der Waals surface area contributed by atoms with Crippen molar-refractivity contribution >= 4 is 11.9 Å². The minimum absolute atomic E-state index is 0.0313. The van der Waals surface area contributed by atoms with E-state index in [1.807, 2.05) is 0 Å². The highest BCUT2D eigenvalue weighted by Crippen LogP contribution is 2.36. The molecule has 0 radical (unpaired) electrons. The largest absolute Gasteiger partial charge is 0.458 e. The standard InChI is InChI=1S/C16H16F6O4/c1-14(2,3)13(24)26-8-12(23)25-7-9-4-10(15(17,18)19)6-11(5-9)16(20,21)22/h4-6H,7-8H2,1-3H3. The number of esters is 2. The number of hydrogen-bond acceptors (Lipinski definition) is 4. The van der Waals surface area contributed by atoms with E-state index in [4.69, 9.17) is 0 Å². The number of benzene rings is 1. The zero-order chi connectivity index (χ0) is 20.3. The molecule has 0 aromatic heterocycles. The minimum atomic E-state index is -5.00. The van der Waals surface area contributed by atoms with Gasteiger partial charge in [-0.25, -0.2) is 4.79 Å². The van der Waals surface area contributed by atoms with E-state index in [1.165, 1.54) is 20.8 Å². The Morgan fingerprint density at radius 3 is 1.69 bits per heavy atom. The molecule has 0 saturated carbocycles. The number of ether oxygens (including phenoxy) is 2. The highest BCUT2D eigenvalue weighted by Gasteiger charge is 2.37. The summed E-state index contributed by atoms with van der Waals surface area (Å²) in [5.74, 6) is -1.82. The van der Waals surface area contributed by atoms with E-state index in [0.717, 1.165) is 0 Å². The van der Waals surface area contributed by atoms with Gasteiger partial charge in [-0.1, -0.05) is 0 Å². The van der Waals surface area contributed by atoms with Crippen LogP contribution in [0.4, 0.5) is 26.3 Å². The summed E-state index contributed by atoms with van der Waals surface area (Å²) in [5.41, 5.74) is -4.42. The summed E-state index contributed by atoms with van der Waals surface area (Å²) in [6.07, 6.45) is -10.00. The second-order valence-electron chi connectivity index (χ2n) is 6.40. The average Bonchev–Trinajstić information content (AvgIpc) is 2.47. The monoisotopic (exact) mass is 386 g/mol. The summed E-state index contributed by atoms with van der Waals surface area (Å²) in [4.78, 5) is 22.9. The molecule has 26 heavy (non-hydrogen) atoms. The summed E-state index contributed by atoms with van der Waals surface area (Å²) in [5, 5.41) is 0. The maximum absolute atomic E-state index is 12.7. The van der Waals surface area contributed by atoms with Crippen LogP contribution in [0.5, 0.6) is 0 Å². The fraction of sp³-hybridized carbons (Fsp3) is 0.500. The number of alkyl halides is 6. The molecule has 1 aromatic carbocycles. The van der Waals surface area contributed by atoms with Crippen molar-refractivity contribution in [1.82, 2.24) is 0 Å². The van der Waals surface area contributed by atoms with Crippen molar-refractivity contribution < 1.29 is 45.4 Å². The topological polar surface area (TPSA) is 52.6 Å². The van der Waals surface area contributed by atoms with Crippen LogP contribution >= 0.6 is 0 Å². The third-order valence-corrected chi connectivity index (χ3v) is 2.98. The number of hydrogen-bond donors (Lipinski definition) is 0. The van der Waals surface area contributed by atoms with Crippen LogP contribution in [-0.2, 0) is 38.0 Å². The average molecular weight is 386 g/mol. The molecule has 0 saturated heterocycles. The van der Waals surface area contributed by atoms with Crippen molar-refractivity contribution in [3.8, 4) is 0 Å². The summed E-state index contributed by atoms with van der Waals surface area (Å²) >= 11 is 0. The zero-order valence-electron chi connectivity index (χ0n) is 14.0. The van der Waals surface area contributed by atoms with Gasteiger partial charge < -0.3 is 9.47 Å². The molecule has 0 aliphatic rings. The molecular weight excluding hydrogens is 370 g/mol. The van der Waals surface area contributed by atoms with Gasteiger partial charge in [0.1, 0.15) is 6.61 Å². The molecule has 0 atom stereocenters. The molecule has 0 aliphatic heterocycles.